The van der Waals surface area contributed by atoms with Gasteiger partial charge in [0.1, 0.15) is 11.5 Å². The summed E-state index contributed by atoms with van der Waals surface area (Å²) in [4.78, 5) is 13.5. The molecule has 5 heteroatoms. The number of likely N-dealkylation sites (tertiary alicyclic amines) is 1. The zero-order valence-electron chi connectivity index (χ0n) is 10.3. The van der Waals surface area contributed by atoms with E-state index in [0.29, 0.717) is 18.7 Å². The monoisotopic (exact) mass is 254 g/mol. The van der Waals surface area contributed by atoms with Crippen LogP contribution in [0.5, 0.6) is 0 Å². The summed E-state index contributed by atoms with van der Waals surface area (Å²) >= 11 is 0. The number of rotatable bonds is 1. The number of carbonyl (C=O) groups is 1. The smallest absolute Gasteiger partial charge is 0.322 e. The fourth-order valence-corrected chi connectivity index (χ4v) is 2.05. The van der Waals surface area contributed by atoms with Gasteiger partial charge in [0, 0.05) is 13.1 Å². The summed E-state index contributed by atoms with van der Waals surface area (Å²) in [5.74, 6) is -1.45. The van der Waals surface area contributed by atoms with E-state index in [1.54, 1.807) is 4.90 Å². The number of amides is 2. The summed E-state index contributed by atoms with van der Waals surface area (Å²) in [5, 5.41) is 2.33. The van der Waals surface area contributed by atoms with Crippen LogP contribution in [-0.4, -0.2) is 24.0 Å². The molecule has 1 aromatic carbocycles. The quantitative estimate of drug-likeness (QED) is 0.819. The Morgan fingerprint density at radius 3 is 2.56 bits per heavy atom. The minimum Gasteiger partial charge on any atom is -0.325 e. The molecule has 1 fully saturated rings. The summed E-state index contributed by atoms with van der Waals surface area (Å²) in [7, 11) is 0. The van der Waals surface area contributed by atoms with Crippen LogP contribution in [0.3, 0.4) is 0 Å². The Morgan fingerprint density at radius 2 is 1.89 bits per heavy atom. The summed E-state index contributed by atoms with van der Waals surface area (Å²) in [6.45, 7) is 2.81. The van der Waals surface area contributed by atoms with E-state index in [1.807, 2.05) is 0 Å². The first-order chi connectivity index (χ1) is 8.59. The van der Waals surface area contributed by atoms with Crippen LogP contribution in [0.25, 0.3) is 0 Å². The van der Waals surface area contributed by atoms with Crippen molar-refractivity contribution in [3.05, 3.63) is 29.3 Å². The predicted molar refractivity (Wildman–Crippen MR) is 65.5 cm³/mol. The van der Waals surface area contributed by atoms with E-state index >= 15 is 0 Å². The molecule has 1 aromatic rings. The fourth-order valence-electron chi connectivity index (χ4n) is 2.05. The summed E-state index contributed by atoms with van der Waals surface area (Å²) < 4.78 is 27.2. The van der Waals surface area contributed by atoms with Crippen molar-refractivity contribution in [1.29, 1.82) is 0 Å². The standard InChI is InChI=1S/C13H16F2N2O/c1-9-5-6-10(14)12(11(9)15)16-13(18)17-7-3-2-4-8-17/h5-6H,2-4,7-8H2,1H3,(H,16,18). The molecule has 3 nitrogen and oxygen atoms in total. The molecule has 0 aliphatic carbocycles. The maximum absolute atomic E-state index is 13.7. The Hall–Kier alpha value is -1.65. The van der Waals surface area contributed by atoms with Crippen LogP contribution in [-0.2, 0) is 0 Å². The average Bonchev–Trinajstić information content (AvgIpc) is 2.40. The zero-order chi connectivity index (χ0) is 13.1. The first-order valence-corrected chi connectivity index (χ1v) is 6.10. The number of nitrogens with one attached hydrogen (secondary N) is 1. The summed E-state index contributed by atoms with van der Waals surface area (Å²) in [5.41, 5.74) is -0.0454. The Labute approximate surface area is 105 Å². The molecule has 0 bridgehead atoms. The maximum atomic E-state index is 13.7. The van der Waals surface area contributed by atoms with Gasteiger partial charge in [-0.05, 0) is 37.8 Å². The number of benzene rings is 1. The molecule has 0 radical (unpaired) electrons. The first-order valence-electron chi connectivity index (χ1n) is 6.10. The minimum atomic E-state index is -0.747. The van der Waals surface area contributed by atoms with E-state index in [4.69, 9.17) is 0 Å². The van der Waals surface area contributed by atoms with Gasteiger partial charge in [0.25, 0.3) is 0 Å². The third-order valence-corrected chi connectivity index (χ3v) is 3.16. The van der Waals surface area contributed by atoms with Gasteiger partial charge in [0.05, 0.1) is 0 Å². The summed E-state index contributed by atoms with van der Waals surface area (Å²) in [6, 6.07) is 2.07. The molecule has 0 saturated carbocycles. The van der Waals surface area contributed by atoms with Crippen LogP contribution in [0.15, 0.2) is 12.1 Å². The maximum Gasteiger partial charge on any atom is 0.322 e. The number of piperidine rings is 1. The molecule has 1 aliphatic rings. The number of aryl methyl sites for hydroxylation is 1. The van der Waals surface area contributed by atoms with E-state index in [-0.39, 0.29) is 5.69 Å². The molecular weight excluding hydrogens is 238 g/mol. The average molecular weight is 254 g/mol. The number of nitrogens with zero attached hydrogens (tertiary/aromatic N) is 1. The molecule has 1 heterocycles. The normalized spacial score (nSPS) is 15.6. The predicted octanol–water partition coefficient (Wildman–Crippen LogP) is 3.29. The molecule has 0 unspecified atom stereocenters. The van der Waals surface area contributed by atoms with Crippen molar-refractivity contribution < 1.29 is 13.6 Å². The molecule has 2 rings (SSSR count). The van der Waals surface area contributed by atoms with Crippen molar-refractivity contribution in [2.75, 3.05) is 18.4 Å². The third-order valence-electron chi connectivity index (χ3n) is 3.16. The van der Waals surface area contributed by atoms with Crippen LogP contribution in [0.2, 0.25) is 0 Å². The van der Waals surface area contributed by atoms with E-state index < -0.39 is 17.7 Å². The van der Waals surface area contributed by atoms with Crippen molar-refractivity contribution >= 4 is 11.7 Å². The van der Waals surface area contributed by atoms with Crippen LogP contribution in [0.1, 0.15) is 24.8 Å². The number of hydrogen-bond acceptors (Lipinski definition) is 1. The number of hydrogen-bond donors (Lipinski definition) is 1. The van der Waals surface area contributed by atoms with Gasteiger partial charge in [0.15, 0.2) is 5.82 Å². The number of anilines is 1. The van der Waals surface area contributed by atoms with Gasteiger partial charge >= 0.3 is 6.03 Å². The van der Waals surface area contributed by atoms with Gasteiger partial charge in [-0.1, -0.05) is 6.07 Å². The number of halogens is 2. The topological polar surface area (TPSA) is 32.3 Å². The molecule has 18 heavy (non-hydrogen) atoms. The third kappa shape index (κ3) is 2.60. The largest absolute Gasteiger partial charge is 0.325 e. The zero-order valence-corrected chi connectivity index (χ0v) is 10.3. The van der Waals surface area contributed by atoms with E-state index in [9.17, 15) is 13.6 Å². The molecular formula is C13H16F2N2O. The van der Waals surface area contributed by atoms with E-state index in [1.165, 1.54) is 13.0 Å². The van der Waals surface area contributed by atoms with Crippen molar-refractivity contribution in [2.45, 2.75) is 26.2 Å². The van der Waals surface area contributed by atoms with Crippen molar-refractivity contribution in [2.24, 2.45) is 0 Å². The molecule has 98 valence electrons. The molecule has 2 amide bonds. The lowest BCUT2D eigenvalue weighted by atomic mass is 10.1. The minimum absolute atomic E-state index is 0.311. The molecule has 0 atom stereocenters. The van der Waals surface area contributed by atoms with Crippen LogP contribution in [0.4, 0.5) is 19.3 Å². The van der Waals surface area contributed by atoms with Gasteiger partial charge < -0.3 is 10.2 Å². The van der Waals surface area contributed by atoms with Crippen LogP contribution >= 0.6 is 0 Å². The molecule has 1 saturated heterocycles. The van der Waals surface area contributed by atoms with Crippen molar-refractivity contribution in [3.8, 4) is 0 Å². The second-order valence-corrected chi connectivity index (χ2v) is 4.53. The van der Waals surface area contributed by atoms with Gasteiger partial charge in [0.2, 0.25) is 0 Å². The highest BCUT2D eigenvalue weighted by Crippen LogP contribution is 2.22. The van der Waals surface area contributed by atoms with Gasteiger partial charge in [-0.15, -0.1) is 0 Å². The highest BCUT2D eigenvalue weighted by Gasteiger charge is 2.20. The second-order valence-electron chi connectivity index (χ2n) is 4.53. The molecule has 1 N–H and O–H groups in total. The van der Waals surface area contributed by atoms with E-state index in [0.717, 1.165) is 25.3 Å². The lowest BCUT2D eigenvalue weighted by Crippen LogP contribution is -2.39. The van der Waals surface area contributed by atoms with Crippen molar-refractivity contribution in [3.63, 3.8) is 0 Å². The van der Waals surface area contributed by atoms with Gasteiger partial charge in [-0.3, -0.25) is 0 Å². The van der Waals surface area contributed by atoms with Gasteiger partial charge in [-0.25, -0.2) is 13.6 Å². The van der Waals surface area contributed by atoms with Gasteiger partial charge in [-0.2, -0.15) is 0 Å². The highest BCUT2D eigenvalue weighted by atomic mass is 19.1. The number of carbonyl (C=O) groups excluding carboxylic acids is 1. The first kappa shape index (κ1) is 12.8. The SMILES string of the molecule is Cc1ccc(F)c(NC(=O)N2CCCCC2)c1F. The van der Waals surface area contributed by atoms with Crippen LogP contribution < -0.4 is 5.32 Å². The summed E-state index contributed by atoms with van der Waals surface area (Å²) in [6.07, 6.45) is 2.97. The second kappa shape index (κ2) is 5.33. The number of urea groups is 1. The highest BCUT2D eigenvalue weighted by molar-refractivity contribution is 5.89. The molecule has 0 spiro atoms. The molecule has 0 aromatic heterocycles. The van der Waals surface area contributed by atoms with Crippen molar-refractivity contribution in [1.82, 2.24) is 4.90 Å². The lowest BCUT2D eigenvalue weighted by molar-refractivity contribution is 0.200. The molecule has 1 aliphatic heterocycles. The lowest BCUT2D eigenvalue weighted by Gasteiger charge is -2.27. The fraction of sp³-hybridized carbons (Fsp3) is 0.462. The Balaban J connectivity index is 2.13. The Kier molecular flexibility index (Phi) is 3.79. The Morgan fingerprint density at radius 1 is 1.22 bits per heavy atom. The van der Waals surface area contributed by atoms with E-state index in [2.05, 4.69) is 5.32 Å². The Bertz CT molecular complexity index is 457. The van der Waals surface area contributed by atoms with Crippen LogP contribution in [0, 0.1) is 18.6 Å².